The Hall–Kier alpha value is -1.72. The van der Waals surface area contributed by atoms with Crippen LogP contribution in [0.2, 0.25) is 0 Å². The van der Waals surface area contributed by atoms with Crippen molar-refractivity contribution >= 4 is 34.9 Å². The first-order chi connectivity index (χ1) is 9.94. The van der Waals surface area contributed by atoms with Gasteiger partial charge in [-0.3, -0.25) is 5.43 Å². The summed E-state index contributed by atoms with van der Waals surface area (Å²) in [5.41, 5.74) is 3.99. The zero-order valence-corrected chi connectivity index (χ0v) is 14.0. The van der Waals surface area contributed by atoms with Crippen molar-refractivity contribution < 1.29 is 0 Å². The van der Waals surface area contributed by atoms with Gasteiger partial charge in [0.15, 0.2) is 5.11 Å². The van der Waals surface area contributed by atoms with Gasteiger partial charge in [-0.2, -0.15) is 5.10 Å². The van der Waals surface area contributed by atoms with Gasteiger partial charge in [0.05, 0.1) is 6.21 Å². The average Bonchev–Trinajstić information content (AvgIpc) is 2.86. The molecule has 3 nitrogen and oxygen atoms in total. The highest BCUT2D eigenvalue weighted by Crippen LogP contribution is 2.26. The van der Waals surface area contributed by atoms with Crippen LogP contribution >= 0.6 is 23.6 Å². The van der Waals surface area contributed by atoms with E-state index in [1.807, 2.05) is 18.2 Å². The molecule has 0 radical (unpaired) electrons. The molecule has 110 valence electrons. The molecule has 0 fully saturated rings. The van der Waals surface area contributed by atoms with E-state index in [9.17, 15) is 0 Å². The van der Waals surface area contributed by atoms with E-state index in [1.165, 1.54) is 10.4 Å². The minimum Gasteiger partial charge on any atom is -0.357 e. The van der Waals surface area contributed by atoms with Gasteiger partial charge in [-0.15, -0.1) is 11.3 Å². The third kappa shape index (κ3) is 5.28. The molecule has 5 heteroatoms. The van der Waals surface area contributed by atoms with Crippen LogP contribution in [0.5, 0.6) is 0 Å². The summed E-state index contributed by atoms with van der Waals surface area (Å²) in [6, 6.07) is 14.5. The van der Waals surface area contributed by atoms with Crippen molar-refractivity contribution in [2.75, 3.05) is 0 Å². The molecule has 0 aliphatic heterocycles. The standard InChI is InChI=1S/C16H19N3S2/c1-16(2,3)18-15(20)19-17-11-13-9-10-14(21-13)12-7-5-4-6-8-12/h4-11H,1-3H3,(H2,18,19,20)/b17-11-. The second-order valence-electron chi connectivity index (χ2n) is 5.64. The highest BCUT2D eigenvalue weighted by molar-refractivity contribution is 7.80. The van der Waals surface area contributed by atoms with Gasteiger partial charge in [0.25, 0.3) is 0 Å². The second kappa shape index (κ2) is 6.83. The summed E-state index contributed by atoms with van der Waals surface area (Å²) in [6.07, 6.45) is 1.79. The van der Waals surface area contributed by atoms with E-state index >= 15 is 0 Å². The molecule has 21 heavy (non-hydrogen) atoms. The Morgan fingerprint density at radius 3 is 2.52 bits per heavy atom. The number of hydrazone groups is 1. The molecule has 0 spiro atoms. The van der Waals surface area contributed by atoms with Crippen LogP contribution in [-0.4, -0.2) is 16.9 Å². The normalized spacial score (nSPS) is 11.6. The zero-order chi connectivity index (χ0) is 15.3. The molecule has 1 heterocycles. The SMILES string of the molecule is CC(C)(C)NC(=S)N/N=C\c1ccc(-c2ccccc2)s1. The summed E-state index contributed by atoms with van der Waals surface area (Å²) < 4.78 is 0. The van der Waals surface area contributed by atoms with Crippen LogP contribution in [0.1, 0.15) is 25.6 Å². The lowest BCUT2D eigenvalue weighted by atomic mass is 10.1. The third-order valence-corrected chi connectivity index (χ3v) is 3.79. The highest BCUT2D eigenvalue weighted by atomic mass is 32.1. The summed E-state index contributed by atoms with van der Waals surface area (Å²) >= 11 is 6.86. The van der Waals surface area contributed by atoms with Crippen LogP contribution in [0.3, 0.4) is 0 Å². The first-order valence-corrected chi connectivity index (χ1v) is 7.93. The predicted octanol–water partition coefficient (Wildman–Crippen LogP) is 4.01. The summed E-state index contributed by atoms with van der Waals surface area (Å²) in [6.45, 7) is 6.16. The Morgan fingerprint density at radius 2 is 1.86 bits per heavy atom. The van der Waals surface area contributed by atoms with Gasteiger partial charge >= 0.3 is 0 Å². The minimum absolute atomic E-state index is 0.0665. The third-order valence-electron chi connectivity index (χ3n) is 2.53. The Labute approximate surface area is 135 Å². The predicted molar refractivity (Wildman–Crippen MR) is 96.0 cm³/mol. The fourth-order valence-corrected chi connectivity index (χ4v) is 2.95. The molecule has 2 aromatic rings. The Balaban J connectivity index is 1.94. The summed E-state index contributed by atoms with van der Waals surface area (Å²) in [7, 11) is 0. The molecule has 0 unspecified atom stereocenters. The van der Waals surface area contributed by atoms with Crippen molar-refractivity contribution in [3.63, 3.8) is 0 Å². The molecule has 2 N–H and O–H groups in total. The first-order valence-electron chi connectivity index (χ1n) is 6.70. The number of thiocarbonyl (C=S) groups is 1. The molecular weight excluding hydrogens is 298 g/mol. The van der Waals surface area contributed by atoms with Gasteiger partial charge in [0.1, 0.15) is 0 Å². The maximum atomic E-state index is 5.17. The van der Waals surface area contributed by atoms with Crippen LogP contribution in [0.15, 0.2) is 47.6 Å². The molecule has 0 aliphatic rings. The molecule has 1 aromatic heterocycles. The molecule has 1 aromatic carbocycles. The Bertz CT molecular complexity index is 624. The summed E-state index contributed by atoms with van der Waals surface area (Å²) in [4.78, 5) is 2.31. The molecule has 0 bridgehead atoms. The van der Waals surface area contributed by atoms with Crippen LogP contribution in [0, 0.1) is 0 Å². The van der Waals surface area contributed by atoms with Crippen molar-refractivity contribution in [1.82, 2.24) is 10.7 Å². The summed E-state index contributed by atoms with van der Waals surface area (Å²) in [5, 5.41) is 7.84. The topological polar surface area (TPSA) is 36.4 Å². The number of thiophene rings is 1. The monoisotopic (exact) mass is 317 g/mol. The van der Waals surface area contributed by atoms with Gasteiger partial charge in [0, 0.05) is 15.3 Å². The number of nitrogens with zero attached hydrogens (tertiary/aromatic N) is 1. The van der Waals surface area contributed by atoms with Crippen molar-refractivity contribution in [2.45, 2.75) is 26.3 Å². The summed E-state index contributed by atoms with van der Waals surface area (Å²) in [5.74, 6) is 0. The molecule has 2 rings (SSSR count). The van der Waals surface area contributed by atoms with Gasteiger partial charge in [-0.05, 0) is 50.7 Å². The Morgan fingerprint density at radius 1 is 1.14 bits per heavy atom. The van der Waals surface area contributed by atoms with Gasteiger partial charge in [-0.25, -0.2) is 0 Å². The van der Waals surface area contributed by atoms with Gasteiger partial charge < -0.3 is 5.32 Å². The fourth-order valence-electron chi connectivity index (χ4n) is 1.70. The number of benzene rings is 1. The van der Waals surface area contributed by atoms with Crippen LogP contribution in [0.4, 0.5) is 0 Å². The minimum atomic E-state index is -0.0665. The highest BCUT2D eigenvalue weighted by Gasteiger charge is 2.10. The van der Waals surface area contributed by atoms with Gasteiger partial charge in [-0.1, -0.05) is 30.3 Å². The lowest BCUT2D eigenvalue weighted by molar-refractivity contribution is 0.508. The maximum absolute atomic E-state index is 5.17. The molecule has 0 saturated carbocycles. The Kier molecular flexibility index (Phi) is 5.09. The molecule has 0 saturated heterocycles. The number of nitrogens with one attached hydrogen (secondary N) is 2. The van der Waals surface area contributed by atoms with E-state index in [4.69, 9.17) is 12.2 Å². The number of hydrogen-bond acceptors (Lipinski definition) is 3. The number of hydrogen-bond donors (Lipinski definition) is 2. The van der Waals surface area contributed by atoms with Crippen molar-refractivity contribution in [2.24, 2.45) is 5.10 Å². The van der Waals surface area contributed by atoms with Gasteiger partial charge in [0.2, 0.25) is 0 Å². The molecule has 0 aliphatic carbocycles. The van der Waals surface area contributed by atoms with E-state index in [0.29, 0.717) is 5.11 Å². The van der Waals surface area contributed by atoms with E-state index in [-0.39, 0.29) is 5.54 Å². The average molecular weight is 317 g/mol. The zero-order valence-electron chi connectivity index (χ0n) is 12.4. The fraction of sp³-hybridized carbons (Fsp3) is 0.250. The molecule has 0 amide bonds. The van der Waals surface area contributed by atoms with E-state index in [1.54, 1.807) is 17.6 Å². The lowest BCUT2D eigenvalue weighted by Crippen LogP contribution is -2.44. The van der Waals surface area contributed by atoms with E-state index in [2.05, 4.69) is 60.9 Å². The quantitative estimate of drug-likeness (QED) is 0.510. The molecular formula is C16H19N3S2. The van der Waals surface area contributed by atoms with E-state index in [0.717, 1.165) is 4.88 Å². The van der Waals surface area contributed by atoms with Crippen LogP contribution < -0.4 is 10.7 Å². The smallest absolute Gasteiger partial charge is 0.187 e. The van der Waals surface area contributed by atoms with Crippen LogP contribution in [-0.2, 0) is 0 Å². The second-order valence-corrected chi connectivity index (χ2v) is 7.17. The largest absolute Gasteiger partial charge is 0.357 e. The van der Waals surface area contributed by atoms with Crippen molar-refractivity contribution in [3.8, 4) is 10.4 Å². The first kappa shape index (κ1) is 15.7. The van der Waals surface area contributed by atoms with Crippen LogP contribution in [0.25, 0.3) is 10.4 Å². The van der Waals surface area contributed by atoms with Crippen molar-refractivity contribution in [3.05, 3.63) is 47.3 Å². The van der Waals surface area contributed by atoms with Crippen molar-refractivity contribution in [1.29, 1.82) is 0 Å². The number of rotatable bonds is 3. The lowest BCUT2D eigenvalue weighted by Gasteiger charge is -2.21. The maximum Gasteiger partial charge on any atom is 0.187 e. The molecule has 0 atom stereocenters. The van der Waals surface area contributed by atoms with E-state index < -0.39 is 0 Å².